The Morgan fingerprint density at radius 3 is 2.72 bits per heavy atom. The minimum atomic E-state index is -0.226. The van der Waals surface area contributed by atoms with E-state index in [0.29, 0.717) is 12.0 Å². The Kier molecular flexibility index (Phi) is 3.99. The van der Waals surface area contributed by atoms with E-state index in [9.17, 15) is 4.79 Å². The maximum absolute atomic E-state index is 11.6. The molecule has 0 aliphatic heterocycles. The summed E-state index contributed by atoms with van der Waals surface area (Å²) in [5, 5.41) is 2.07. The van der Waals surface area contributed by atoms with Crippen molar-refractivity contribution >= 4 is 23.1 Å². The molecule has 0 spiro atoms. The molecule has 0 amide bonds. The maximum atomic E-state index is 11.6. The van der Waals surface area contributed by atoms with Gasteiger partial charge in [-0.1, -0.05) is 6.07 Å². The van der Waals surface area contributed by atoms with Gasteiger partial charge in [0.25, 0.3) is 5.56 Å². The molecule has 2 heterocycles. The molecule has 0 aliphatic carbocycles. The van der Waals surface area contributed by atoms with Gasteiger partial charge in [0.2, 0.25) is 5.95 Å². The number of anilines is 2. The van der Waals surface area contributed by atoms with Crippen LogP contribution in [0.5, 0.6) is 0 Å². The van der Waals surface area contributed by atoms with Gasteiger partial charge in [-0.05, 0) is 37.1 Å². The van der Waals surface area contributed by atoms with E-state index in [0.717, 1.165) is 19.3 Å². The lowest BCUT2D eigenvalue weighted by atomic mass is 10.1. The third kappa shape index (κ3) is 3.10. The Hall–Kier alpha value is -1.82. The van der Waals surface area contributed by atoms with Gasteiger partial charge in [0.15, 0.2) is 0 Å². The summed E-state index contributed by atoms with van der Waals surface area (Å²) < 4.78 is 0. The van der Waals surface area contributed by atoms with Crippen LogP contribution in [0.2, 0.25) is 0 Å². The number of nitrogens with one attached hydrogen (secondary N) is 1. The molecule has 0 aromatic carbocycles. The Labute approximate surface area is 109 Å². The first kappa shape index (κ1) is 12.6. The van der Waals surface area contributed by atoms with Crippen molar-refractivity contribution in [3.05, 3.63) is 38.3 Å². The molecule has 0 atom stereocenters. The summed E-state index contributed by atoms with van der Waals surface area (Å²) in [4.78, 5) is 19.3. The maximum Gasteiger partial charge on any atom is 0.257 e. The first-order chi connectivity index (χ1) is 8.66. The van der Waals surface area contributed by atoms with Crippen LogP contribution in [0.4, 0.5) is 11.8 Å². The second kappa shape index (κ2) is 5.68. The predicted octanol–water partition coefficient (Wildman–Crippen LogP) is 1.56. The van der Waals surface area contributed by atoms with Gasteiger partial charge < -0.3 is 11.5 Å². The number of rotatable bonds is 5. The summed E-state index contributed by atoms with van der Waals surface area (Å²) in [6.07, 6.45) is 3.62. The smallest absolute Gasteiger partial charge is 0.257 e. The normalized spacial score (nSPS) is 10.7. The van der Waals surface area contributed by atoms with Gasteiger partial charge in [0.05, 0.1) is 5.56 Å². The van der Waals surface area contributed by atoms with Gasteiger partial charge >= 0.3 is 0 Å². The predicted molar refractivity (Wildman–Crippen MR) is 74.6 cm³/mol. The minimum absolute atomic E-state index is 0.0693. The van der Waals surface area contributed by atoms with E-state index < -0.39 is 0 Å². The second-order valence-corrected chi connectivity index (χ2v) is 5.13. The number of nitrogen functional groups attached to an aromatic ring is 2. The third-order valence-corrected chi connectivity index (χ3v) is 3.68. The Morgan fingerprint density at radius 1 is 1.28 bits per heavy atom. The molecule has 18 heavy (non-hydrogen) atoms. The average molecular weight is 264 g/mol. The number of aromatic amines is 1. The number of aromatic nitrogens is 2. The highest BCUT2D eigenvalue weighted by atomic mass is 32.1. The van der Waals surface area contributed by atoms with E-state index >= 15 is 0 Å². The van der Waals surface area contributed by atoms with Crippen LogP contribution < -0.4 is 17.0 Å². The fourth-order valence-electron chi connectivity index (χ4n) is 1.83. The molecule has 0 aliphatic rings. The number of thiophene rings is 1. The molecule has 2 aromatic rings. The third-order valence-electron chi connectivity index (χ3n) is 2.75. The number of hydrogen-bond donors (Lipinski definition) is 3. The quantitative estimate of drug-likeness (QED) is 0.714. The van der Waals surface area contributed by atoms with Gasteiger partial charge in [0.1, 0.15) is 5.82 Å². The van der Waals surface area contributed by atoms with Crippen LogP contribution in [-0.4, -0.2) is 9.97 Å². The standard InChI is InChI=1S/C12H16N4OS/c13-10-9(11(17)16-12(14)15-10)6-2-1-4-8-5-3-7-18-8/h3,5,7H,1-2,4,6H2,(H5,13,14,15,16,17). The van der Waals surface area contributed by atoms with Gasteiger partial charge in [-0.2, -0.15) is 4.98 Å². The van der Waals surface area contributed by atoms with E-state index in [1.165, 1.54) is 4.88 Å². The Balaban J connectivity index is 1.89. The van der Waals surface area contributed by atoms with E-state index in [2.05, 4.69) is 21.4 Å². The first-order valence-electron chi connectivity index (χ1n) is 5.83. The molecule has 0 saturated carbocycles. The summed E-state index contributed by atoms with van der Waals surface area (Å²) in [6, 6.07) is 4.17. The summed E-state index contributed by atoms with van der Waals surface area (Å²) >= 11 is 1.76. The zero-order valence-corrected chi connectivity index (χ0v) is 10.8. The summed E-state index contributed by atoms with van der Waals surface area (Å²) in [5.74, 6) is 0.312. The number of unbranched alkanes of at least 4 members (excludes halogenated alkanes) is 1. The molecular formula is C12H16N4OS. The molecule has 96 valence electrons. The molecule has 0 fully saturated rings. The Morgan fingerprint density at radius 2 is 2.06 bits per heavy atom. The fourth-order valence-corrected chi connectivity index (χ4v) is 2.58. The van der Waals surface area contributed by atoms with Crippen LogP contribution >= 0.6 is 11.3 Å². The molecular weight excluding hydrogens is 248 g/mol. The lowest BCUT2D eigenvalue weighted by Crippen LogP contribution is -2.19. The van der Waals surface area contributed by atoms with Gasteiger partial charge in [-0.15, -0.1) is 11.3 Å². The molecule has 0 saturated heterocycles. The van der Waals surface area contributed by atoms with Crippen LogP contribution in [0, 0.1) is 0 Å². The van der Waals surface area contributed by atoms with E-state index in [1.54, 1.807) is 11.3 Å². The highest BCUT2D eigenvalue weighted by molar-refractivity contribution is 7.09. The number of hydrogen-bond acceptors (Lipinski definition) is 5. The molecule has 2 aromatic heterocycles. The fraction of sp³-hybridized carbons (Fsp3) is 0.333. The second-order valence-electron chi connectivity index (χ2n) is 4.10. The van der Waals surface area contributed by atoms with Crippen molar-refractivity contribution < 1.29 is 0 Å². The molecule has 0 bridgehead atoms. The van der Waals surface area contributed by atoms with Crippen LogP contribution in [0.3, 0.4) is 0 Å². The monoisotopic (exact) mass is 264 g/mol. The zero-order chi connectivity index (χ0) is 13.0. The van der Waals surface area contributed by atoms with Gasteiger partial charge in [-0.25, -0.2) is 0 Å². The van der Waals surface area contributed by atoms with Crippen LogP contribution in [0.1, 0.15) is 23.3 Å². The first-order valence-corrected chi connectivity index (χ1v) is 6.71. The minimum Gasteiger partial charge on any atom is -0.383 e. The van der Waals surface area contributed by atoms with Crippen molar-refractivity contribution in [3.63, 3.8) is 0 Å². The summed E-state index contributed by atoms with van der Waals surface area (Å²) in [7, 11) is 0. The van der Waals surface area contributed by atoms with E-state index in [4.69, 9.17) is 11.5 Å². The lowest BCUT2D eigenvalue weighted by Gasteiger charge is -2.04. The molecule has 0 radical (unpaired) electrons. The van der Waals surface area contributed by atoms with Gasteiger partial charge in [0, 0.05) is 4.88 Å². The highest BCUT2D eigenvalue weighted by Gasteiger charge is 2.07. The van der Waals surface area contributed by atoms with Crippen molar-refractivity contribution in [1.82, 2.24) is 9.97 Å². The lowest BCUT2D eigenvalue weighted by molar-refractivity contribution is 0.734. The van der Waals surface area contributed by atoms with Crippen molar-refractivity contribution in [2.45, 2.75) is 25.7 Å². The number of nitrogens with zero attached hydrogens (tertiary/aromatic N) is 1. The SMILES string of the molecule is Nc1nc(N)c(CCCCc2cccs2)c(=O)[nH]1. The van der Waals surface area contributed by atoms with E-state index in [-0.39, 0.29) is 17.3 Å². The number of H-pyrrole nitrogens is 1. The Bertz CT molecular complexity index is 562. The number of aryl methyl sites for hydroxylation is 1. The summed E-state index contributed by atoms with van der Waals surface area (Å²) in [6.45, 7) is 0. The van der Waals surface area contributed by atoms with Crippen LogP contribution in [0.25, 0.3) is 0 Å². The topological polar surface area (TPSA) is 97.8 Å². The largest absolute Gasteiger partial charge is 0.383 e. The van der Waals surface area contributed by atoms with Crippen molar-refractivity contribution in [3.8, 4) is 0 Å². The van der Waals surface area contributed by atoms with E-state index in [1.807, 2.05) is 6.07 Å². The average Bonchev–Trinajstić information content (AvgIpc) is 2.79. The number of nitrogens with two attached hydrogens (primary N) is 2. The van der Waals surface area contributed by atoms with Crippen LogP contribution in [0.15, 0.2) is 22.3 Å². The van der Waals surface area contributed by atoms with Crippen molar-refractivity contribution in [2.75, 3.05) is 11.5 Å². The zero-order valence-electron chi connectivity index (χ0n) is 9.98. The molecule has 5 nitrogen and oxygen atoms in total. The molecule has 2 rings (SSSR count). The molecule has 5 N–H and O–H groups in total. The highest BCUT2D eigenvalue weighted by Crippen LogP contribution is 2.14. The van der Waals surface area contributed by atoms with Crippen LogP contribution in [-0.2, 0) is 12.8 Å². The molecule has 0 unspecified atom stereocenters. The van der Waals surface area contributed by atoms with Crippen molar-refractivity contribution in [1.29, 1.82) is 0 Å². The summed E-state index contributed by atoms with van der Waals surface area (Å²) in [5.41, 5.74) is 11.4. The van der Waals surface area contributed by atoms with Gasteiger partial charge in [-0.3, -0.25) is 9.78 Å². The molecule has 6 heteroatoms. The van der Waals surface area contributed by atoms with Crippen molar-refractivity contribution in [2.24, 2.45) is 0 Å².